The van der Waals surface area contributed by atoms with Crippen molar-refractivity contribution in [2.24, 2.45) is 0 Å². The van der Waals surface area contributed by atoms with Crippen LogP contribution in [0.5, 0.6) is 0 Å². The topological polar surface area (TPSA) is 41.6 Å². The number of alkyl halides is 3. The summed E-state index contributed by atoms with van der Waals surface area (Å²) in [7, 11) is 0. The second-order valence-electron chi connectivity index (χ2n) is 8.70. The van der Waals surface area contributed by atoms with E-state index in [0.717, 1.165) is 10.8 Å². The standard InChI is InChI=1S/C25H23Cl2F3N2O2/c1-15(2)34-23(33)31-22-5-3-4-16-10-20(6-7-21(16)22)32-9-8-24(14-32,25(28,29)30)17-11-18(26)13-19(27)12-17/h3-7,10-13,15H,8-9,14H2,1-2H3,(H,31,33). The number of anilines is 2. The van der Waals surface area contributed by atoms with Gasteiger partial charge < -0.3 is 9.64 Å². The lowest BCUT2D eigenvalue weighted by Gasteiger charge is -2.33. The van der Waals surface area contributed by atoms with Gasteiger partial charge in [0.05, 0.1) is 11.8 Å². The number of rotatable bonds is 4. The second-order valence-corrected chi connectivity index (χ2v) is 9.57. The molecule has 4 nitrogen and oxygen atoms in total. The van der Waals surface area contributed by atoms with E-state index in [0.29, 0.717) is 11.4 Å². The first-order chi connectivity index (χ1) is 16.0. The normalized spacial score (nSPS) is 18.5. The zero-order chi connectivity index (χ0) is 24.7. The van der Waals surface area contributed by atoms with Gasteiger partial charge in [0.2, 0.25) is 0 Å². The van der Waals surface area contributed by atoms with Gasteiger partial charge in [0, 0.05) is 34.2 Å². The van der Waals surface area contributed by atoms with E-state index >= 15 is 0 Å². The third kappa shape index (κ3) is 4.77. The van der Waals surface area contributed by atoms with Crippen LogP contribution in [0, 0.1) is 0 Å². The first-order valence-corrected chi connectivity index (χ1v) is 11.5. The van der Waals surface area contributed by atoms with E-state index in [2.05, 4.69) is 5.32 Å². The Morgan fingerprint density at radius 1 is 1.09 bits per heavy atom. The largest absolute Gasteiger partial charge is 0.447 e. The molecule has 1 aliphatic rings. The Morgan fingerprint density at radius 2 is 1.79 bits per heavy atom. The number of hydrogen-bond donors (Lipinski definition) is 1. The minimum atomic E-state index is -4.49. The number of nitrogens with one attached hydrogen (secondary N) is 1. The lowest BCUT2D eigenvalue weighted by atomic mass is 9.79. The molecule has 180 valence electrons. The van der Waals surface area contributed by atoms with Gasteiger partial charge in [-0.05, 0) is 67.6 Å². The number of nitrogens with zero attached hydrogens (tertiary/aromatic N) is 1. The van der Waals surface area contributed by atoms with Gasteiger partial charge in [0.15, 0.2) is 0 Å². The first kappa shape index (κ1) is 24.5. The molecule has 1 amide bonds. The number of carbonyl (C=O) groups is 1. The highest BCUT2D eigenvalue weighted by Crippen LogP contribution is 2.49. The van der Waals surface area contributed by atoms with E-state index in [1.165, 1.54) is 18.2 Å². The monoisotopic (exact) mass is 510 g/mol. The molecule has 0 radical (unpaired) electrons. The molecule has 0 aliphatic carbocycles. The molecule has 1 fully saturated rings. The molecule has 1 N–H and O–H groups in total. The Balaban J connectivity index is 1.65. The predicted octanol–water partition coefficient (Wildman–Crippen LogP) is 7.81. The molecule has 0 bridgehead atoms. The summed E-state index contributed by atoms with van der Waals surface area (Å²) in [5, 5.41) is 4.61. The molecule has 0 spiro atoms. The molecular formula is C25H23Cl2F3N2O2. The number of ether oxygens (including phenoxy) is 1. The van der Waals surface area contributed by atoms with Crippen molar-refractivity contribution in [1.29, 1.82) is 0 Å². The molecule has 4 rings (SSSR count). The lowest BCUT2D eigenvalue weighted by molar-refractivity contribution is -0.184. The smallest absolute Gasteiger partial charge is 0.411 e. The highest BCUT2D eigenvalue weighted by molar-refractivity contribution is 6.34. The van der Waals surface area contributed by atoms with Crippen molar-refractivity contribution >= 4 is 51.4 Å². The maximum atomic E-state index is 14.4. The third-order valence-corrected chi connectivity index (χ3v) is 6.47. The summed E-state index contributed by atoms with van der Waals surface area (Å²) >= 11 is 12.1. The van der Waals surface area contributed by atoms with Gasteiger partial charge in [-0.3, -0.25) is 5.32 Å². The van der Waals surface area contributed by atoms with Crippen LogP contribution in [-0.4, -0.2) is 31.5 Å². The van der Waals surface area contributed by atoms with Gasteiger partial charge in [0.25, 0.3) is 0 Å². The summed E-state index contributed by atoms with van der Waals surface area (Å²) in [5.74, 6) is 0. The van der Waals surface area contributed by atoms with Crippen molar-refractivity contribution in [3.63, 3.8) is 0 Å². The fraction of sp³-hybridized carbons (Fsp3) is 0.320. The van der Waals surface area contributed by atoms with Gasteiger partial charge in [-0.2, -0.15) is 13.2 Å². The minimum Gasteiger partial charge on any atom is -0.447 e. The zero-order valence-corrected chi connectivity index (χ0v) is 20.1. The summed E-state index contributed by atoms with van der Waals surface area (Å²) in [6.45, 7) is 3.47. The van der Waals surface area contributed by atoms with E-state index in [4.69, 9.17) is 27.9 Å². The number of carbonyl (C=O) groups excluding carboxylic acids is 1. The molecule has 1 aliphatic heterocycles. The molecule has 0 saturated carbocycles. The Kier molecular flexibility index (Phi) is 6.62. The average molecular weight is 511 g/mol. The molecule has 3 aromatic carbocycles. The molecule has 1 atom stereocenters. The highest BCUT2D eigenvalue weighted by Gasteiger charge is 2.59. The van der Waals surface area contributed by atoms with Crippen molar-refractivity contribution in [1.82, 2.24) is 0 Å². The van der Waals surface area contributed by atoms with Gasteiger partial charge in [0.1, 0.15) is 5.41 Å². The Hall–Kier alpha value is -2.64. The fourth-order valence-corrected chi connectivity index (χ4v) is 4.95. The maximum absolute atomic E-state index is 14.4. The van der Waals surface area contributed by atoms with E-state index in [1.54, 1.807) is 43.0 Å². The molecule has 1 saturated heterocycles. The second kappa shape index (κ2) is 9.19. The number of benzene rings is 3. The van der Waals surface area contributed by atoms with Crippen LogP contribution in [0.2, 0.25) is 10.0 Å². The third-order valence-electron chi connectivity index (χ3n) is 6.04. The van der Waals surface area contributed by atoms with Crippen LogP contribution in [0.25, 0.3) is 10.8 Å². The summed E-state index contributed by atoms with van der Waals surface area (Å²) in [6, 6.07) is 14.9. The van der Waals surface area contributed by atoms with E-state index in [1.807, 2.05) is 12.1 Å². The van der Waals surface area contributed by atoms with Crippen molar-refractivity contribution in [2.45, 2.75) is 38.0 Å². The molecule has 34 heavy (non-hydrogen) atoms. The first-order valence-electron chi connectivity index (χ1n) is 10.8. The van der Waals surface area contributed by atoms with Gasteiger partial charge in [-0.25, -0.2) is 4.79 Å². The van der Waals surface area contributed by atoms with E-state index < -0.39 is 17.7 Å². The van der Waals surface area contributed by atoms with Crippen LogP contribution >= 0.6 is 23.2 Å². The Labute approximate surface area is 205 Å². The van der Waals surface area contributed by atoms with Gasteiger partial charge in [-0.1, -0.05) is 41.4 Å². The van der Waals surface area contributed by atoms with Gasteiger partial charge in [-0.15, -0.1) is 0 Å². The average Bonchev–Trinajstić information content (AvgIpc) is 3.19. The number of fused-ring (bicyclic) bond motifs is 1. The quantitative estimate of drug-likeness (QED) is 0.389. The van der Waals surface area contributed by atoms with Crippen LogP contribution in [0.3, 0.4) is 0 Å². The Morgan fingerprint density at radius 3 is 2.44 bits per heavy atom. The number of halogens is 5. The van der Waals surface area contributed by atoms with Crippen LogP contribution in [-0.2, 0) is 10.2 Å². The number of hydrogen-bond acceptors (Lipinski definition) is 3. The van der Waals surface area contributed by atoms with Crippen LogP contribution in [0.15, 0.2) is 54.6 Å². The zero-order valence-electron chi connectivity index (χ0n) is 18.5. The number of amides is 1. The molecule has 1 unspecified atom stereocenters. The minimum absolute atomic E-state index is 0.0657. The predicted molar refractivity (Wildman–Crippen MR) is 130 cm³/mol. The molecule has 0 aromatic heterocycles. The van der Waals surface area contributed by atoms with Crippen LogP contribution in [0.4, 0.5) is 29.3 Å². The van der Waals surface area contributed by atoms with Gasteiger partial charge >= 0.3 is 12.3 Å². The van der Waals surface area contributed by atoms with Crippen molar-refractivity contribution in [2.75, 3.05) is 23.3 Å². The summed E-state index contributed by atoms with van der Waals surface area (Å²) in [5.41, 5.74) is -0.792. The van der Waals surface area contributed by atoms with Crippen LogP contribution in [0.1, 0.15) is 25.8 Å². The summed E-state index contributed by atoms with van der Waals surface area (Å²) < 4.78 is 48.4. The SMILES string of the molecule is CC(C)OC(=O)Nc1cccc2cc(N3CCC(c4cc(Cl)cc(Cl)c4)(C(F)(F)F)C3)ccc12. The van der Waals surface area contributed by atoms with Crippen LogP contribution < -0.4 is 10.2 Å². The molecule has 1 heterocycles. The summed E-state index contributed by atoms with van der Waals surface area (Å²) in [4.78, 5) is 13.7. The maximum Gasteiger partial charge on any atom is 0.411 e. The molecule has 9 heteroatoms. The van der Waals surface area contributed by atoms with Crippen molar-refractivity contribution in [3.05, 3.63) is 70.2 Å². The van der Waals surface area contributed by atoms with Crippen molar-refractivity contribution < 1.29 is 22.7 Å². The fourth-order valence-electron chi connectivity index (χ4n) is 4.42. The Bertz CT molecular complexity index is 1210. The molecular weight excluding hydrogens is 488 g/mol. The van der Waals surface area contributed by atoms with E-state index in [-0.39, 0.29) is 41.2 Å². The molecule has 3 aromatic rings. The summed E-state index contributed by atoms with van der Waals surface area (Å²) in [6.07, 6.45) is -5.43. The van der Waals surface area contributed by atoms with Crippen molar-refractivity contribution in [3.8, 4) is 0 Å². The lowest BCUT2D eigenvalue weighted by Crippen LogP contribution is -2.44. The highest BCUT2D eigenvalue weighted by atomic mass is 35.5. The van der Waals surface area contributed by atoms with E-state index in [9.17, 15) is 18.0 Å².